The maximum atomic E-state index is 11.6. The van der Waals surface area contributed by atoms with Crippen molar-refractivity contribution in [1.29, 1.82) is 0 Å². The van der Waals surface area contributed by atoms with Gasteiger partial charge in [0.2, 0.25) is 0 Å². The Morgan fingerprint density at radius 1 is 1.41 bits per heavy atom. The number of ether oxygens (including phenoxy) is 1. The van der Waals surface area contributed by atoms with Crippen LogP contribution in [0.25, 0.3) is 0 Å². The molecule has 1 aromatic carbocycles. The predicted octanol–water partition coefficient (Wildman–Crippen LogP) is 1.23. The third-order valence-electron chi connectivity index (χ3n) is 2.44. The van der Waals surface area contributed by atoms with E-state index in [1.807, 2.05) is 45.0 Å². The number of para-hydroxylation sites is 1. The molecular weight excluding hydrogens is 216 g/mol. The van der Waals surface area contributed by atoms with Gasteiger partial charge in [-0.2, -0.15) is 0 Å². The number of nitrogens with one attached hydrogen (secondary N) is 1. The molecule has 4 heteroatoms. The van der Waals surface area contributed by atoms with Gasteiger partial charge in [-0.15, -0.1) is 0 Å². The number of hydrogen-bond acceptors (Lipinski definition) is 3. The summed E-state index contributed by atoms with van der Waals surface area (Å²) in [4.78, 5) is 11.6. The quantitative estimate of drug-likeness (QED) is 0.808. The summed E-state index contributed by atoms with van der Waals surface area (Å²) in [7, 11) is 0. The van der Waals surface area contributed by atoms with Gasteiger partial charge in [0.15, 0.2) is 6.61 Å². The van der Waals surface area contributed by atoms with E-state index in [0.717, 1.165) is 11.3 Å². The van der Waals surface area contributed by atoms with Crippen LogP contribution in [0.5, 0.6) is 5.75 Å². The molecule has 0 unspecified atom stereocenters. The Hall–Kier alpha value is -1.55. The van der Waals surface area contributed by atoms with Crippen LogP contribution in [0.15, 0.2) is 24.3 Å². The summed E-state index contributed by atoms with van der Waals surface area (Å²) >= 11 is 0. The molecule has 0 saturated heterocycles. The van der Waals surface area contributed by atoms with Crippen LogP contribution in [0.3, 0.4) is 0 Å². The zero-order chi connectivity index (χ0) is 12.9. The van der Waals surface area contributed by atoms with Gasteiger partial charge in [-0.05, 0) is 32.4 Å². The largest absolute Gasteiger partial charge is 0.484 e. The first kappa shape index (κ1) is 13.5. The lowest BCUT2D eigenvalue weighted by molar-refractivity contribution is -0.124. The third-order valence-corrected chi connectivity index (χ3v) is 2.44. The topological polar surface area (TPSA) is 64.3 Å². The highest BCUT2D eigenvalue weighted by Crippen LogP contribution is 2.15. The van der Waals surface area contributed by atoms with Gasteiger partial charge in [0.25, 0.3) is 5.91 Å². The maximum absolute atomic E-state index is 11.6. The van der Waals surface area contributed by atoms with Crippen LogP contribution >= 0.6 is 0 Å². The van der Waals surface area contributed by atoms with E-state index in [9.17, 15) is 4.79 Å². The van der Waals surface area contributed by atoms with Crippen molar-refractivity contribution in [3.05, 3.63) is 29.8 Å². The molecule has 94 valence electrons. The monoisotopic (exact) mass is 236 g/mol. The van der Waals surface area contributed by atoms with Gasteiger partial charge in [-0.3, -0.25) is 4.79 Å². The van der Waals surface area contributed by atoms with E-state index < -0.39 is 5.54 Å². The Balaban J connectivity index is 2.47. The number of benzene rings is 1. The number of rotatable bonds is 5. The predicted molar refractivity (Wildman–Crippen MR) is 68.0 cm³/mol. The second-order valence-electron chi connectivity index (χ2n) is 4.69. The highest BCUT2D eigenvalue weighted by atomic mass is 16.5. The Morgan fingerprint density at radius 3 is 2.65 bits per heavy atom. The second-order valence-corrected chi connectivity index (χ2v) is 4.69. The van der Waals surface area contributed by atoms with Gasteiger partial charge in [0.05, 0.1) is 0 Å². The van der Waals surface area contributed by atoms with Gasteiger partial charge < -0.3 is 15.8 Å². The zero-order valence-electron chi connectivity index (χ0n) is 10.6. The Labute approximate surface area is 102 Å². The molecule has 0 heterocycles. The van der Waals surface area contributed by atoms with Gasteiger partial charge in [0, 0.05) is 12.1 Å². The number of carbonyl (C=O) groups excluding carboxylic acids is 1. The highest BCUT2D eigenvalue weighted by Gasteiger charge is 2.18. The van der Waals surface area contributed by atoms with E-state index in [1.54, 1.807) is 0 Å². The molecule has 1 aromatic rings. The number of nitrogens with two attached hydrogens (primary N) is 1. The molecule has 1 amide bonds. The highest BCUT2D eigenvalue weighted by molar-refractivity contribution is 5.78. The number of aryl methyl sites for hydroxylation is 1. The average Bonchev–Trinajstić information content (AvgIpc) is 2.27. The molecule has 0 aromatic heterocycles. The molecule has 0 aliphatic carbocycles. The lowest BCUT2D eigenvalue weighted by atomic mass is 10.1. The van der Waals surface area contributed by atoms with E-state index in [-0.39, 0.29) is 12.5 Å². The minimum Gasteiger partial charge on any atom is -0.484 e. The fraction of sp³-hybridized carbons (Fsp3) is 0.462. The molecule has 0 spiro atoms. The van der Waals surface area contributed by atoms with Crippen molar-refractivity contribution in [2.75, 3.05) is 13.2 Å². The van der Waals surface area contributed by atoms with Crippen LogP contribution < -0.4 is 15.8 Å². The molecule has 0 radical (unpaired) electrons. The maximum Gasteiger partial charge on any atom is 0.258 e. The van der Waals surface area contributed by atoms with E-state index in [2.05, 4.69) is 5.32 Å². The van der Waals surface area contributed by atoms with Crippen LogP contribution in [0.2, 0.25) is 0 Å². The van der Waals surface area contributed by atoms with Crippen LogP contribution in [0, 0.1) is 6.92 Å². The molecule has 3 N–H and O–H groups in total. The van der Waals surface area contributed by atoms with Crippen molar-refractivity contribution in [2.24, 2.45) is 5.73 Å². The van der Waals surface area contributed by atoms with Crippen LogP contribution in [0.1, 0.15) is 19.4 Å². The lowest BCUT2D eigenvalue weighted by Gasteiger charge is -2.24. The van der Waals surface area contributed by atoms with Crippen LogP contribution in [-0.4, -0.2) is 24.6 Å². The van der Waals surface area contributed by atoms with Gasteiger partial charge in [-0.1, -0.05) is 18.2 Å². The molecule has 0 atom stereocenters. The minimum absolute atomic E-state index is 0.00822. The summed E-state index contributed by atoms with van der Waals surface area (Å²) in [6.07, 6.45) is 0. The van der Waals surface area contributed by atoms with E-state index in [4.69, 9.17) is 10.5 Å². The fourth-order valence-electron chi connectivity index (χ4n) is 1.33. The lowest BCUT2D eigenvalue weighted by Crippen LogP contribution is -2.50. The molecule has 0 aliphatic heterocycles. The first-order chi connectivity index (χ1) is 7.94. The molecule has 4 nitrogen and oxygen atoms in total. The molecule has 0 saturated carbocycles. The zero-order valence-corrected chi connectivity index (χ0v) is 10.6. The van der Waals surface area contributed by atoms with Crippen LogP contribution in [0.4, 0.5) is 0 Å². The molecular formula is C13H20N2O2. The van der Waals surface area contributed by atoms with E-state index in [1.165, 1.54) is 0 Å². The normalized spacial score (nSPS) is 11.1. The molecule has 0 fully saturated rings. The summed E-state index contributed by atoms with van der Waals surface area (Å²) in [6.45, 7) is 6.09. The summed E-state index contributed by atoms with van der Waals surface area (Å²) in [5, 5.41) is 2.81. The molecule has 0 aliphatic rings. The van der Waals surface area contributed by atoms with E-state index in [0.29, 0.717) is 6.54 Å². The number of carbonyl (C=O) groups is 1. The Kier molecular flexibility index (Phi) is 4.52. The fourth-order valence-corrected chi connectivity index (χ4v) is 1.33. The van der Waals surface area contributed by atoms with Crippen molar-refractivity contribution in [1.82, 2.24) is 5.32 Å². The van der Waals surface area contributed by atoms with Crippen molar-refractivity contribution in [3.8, 4) is 5.75 Å². The minimum atomic E-state index is -0.397. The standard InChI is InChI=1S/C13H20N2O2/c1-10-6-4-5-7-11(10)17-8-12(16)15-13(2,3)9-14/h4-7H,8-9,14H2,1-3H3,(H,15,16). The summed E-state index contributed by atoms with van der Waals surface area (Å²) < 4.78 is 5.44. The first-order valence-electron chi connectivity index (χ1n) is 5.64. The van der Waals surface area contributed by atoms with Crippen molar-refractivity contribution in [3.63, 3.8) is 0 Å². The Bertz CT molecular complexity index is 389. The van der Waals surface area contributed by atoms with Gasteiger partial charge in [-0.25, -0.2) is 0 Å². The summed E-state index contributed by atoms with van der Waals surface area (Å²) in [5.74, 6) is 0.567. The SMILES string of the molecule is Cc1ccccc1OCC(=O)NC(C)(C)CN. The third kappa shape index (κ3) is 4.44. The first-order valence-corrected chi connectivity index (χ1v) is 5.64. The number of hydrogen-bond donors (Lipinski definition) is 2. The molecule has 1 rings (SSSR count). The number of amides is 1. The van der Waals surface area contributed by atoms with Crippen molar-refractivity contribution < 1.29 is 9.53 Å². The van der Waals surface area contributed by atoms with Crippen molar-refractivity contribution >= 4 is 5.91 Å². The second kappa shape index (κ2) is 5.68. The van der Waals surface area contributed by atoms with Crippen LogP contribution in [-0.2, 0) is 4.79 Å². The molecule has 17 heavy (non-hydrogen) atoms. The van der Waals surface area contributed by atoms with E-state index >= 15 is 0 Å². The van der Waals surface area contributed by atoms with Gasteiger partial charge >= 0.3 is 0 Å². The van der Waals surface area contributed by atoms with Gasteiger partial charge in [0.1, 0.15) is 5.75 Å². The Morgan fingerprint density at radius 2 is 2.06 bits per heavy atom. The van der Waals surface area contributed by atoms with Crippen molar-refractivity contribution in [2.45, 2.75) is 26.3 Å². The summed E-state index contributed by atoms with van der Waals surface area (Å²) in [5.41, 5.74) is 6.15. The summed E-state index contributed by atoms with van der Waals surface area (Å²) in [6, 6.07) is 7.59. The smallest absolute Gasteiger partial charge is 0.258 e. The average molecular weight is 236 g/mol. The molecule has 0 bridgehead atoms.